The van der Waals surface area contributed by atoms with Crippen molar-refractivity contribution in [2.45, 2.75) is 57.7 Å². The maximum absolute atomic E-state index is 14.6. The Morgan fingerprint density at radius 3 is 2.42 bits per heavy atom. The van der Waals surface area contributed by atoms with Gasteiger partial charge in [-0.05, 0) is 88.2 Å². The number of imidazole rings is 2. The molecule has 4 aliphatic rings. The Bertz CT molecular complexity index is 3330. The number of para-hydroxylation sites is 1. The Morgan fingerprint density at radius 1 is 0.986 bits per heavy atom. The van der Waals surface area contributed by atoms with Crippen LogP contribution in [0.25, 0.3) is 22.4 Å². The van der Waals surface area contributed by atoms with Gasteiger partial charge >= 0.3 is 5.69 Å². The zero-order valence-corrected chi connectivity index (χ0v) is 40.1. The van der Waals surface area contributed by atoms with Crippen LogP contribution in [0.1, 0.15) is 95.3 Å². The number of benzene rings is 2. The number of likely N-dealkylation sites (tertiary alicyclic amines) is 2. The lowest BCUT2D eigenvalue weighted by molar-refractivity contribution is -0.135. The minimum absolute atomic E-state index is 0.0211. The number of pyridine rings is 2. The number of anilines is 1. The molecule has 3 saturated heterocycles. The Hall–Kier alpha value is -7.00. The highest BCUT2D eigenvalue weighted by Crippen LogP contribution is 2.46. The van der Waals surface area contributed by atoms with E-state index in [-0.39, 0.29) is 64.1 Å². The normalized spacial score (nSPS) is 18.9. The Labute approximate surface area is 406 Å². The van der Waals surface area contributed by atoms with Gasteiger partial charge in [-0.25, -0.2) is 14.8 Å². The molecule has 10 rings (SSSR count). The SMILES string of the molecule is COc1ncc(C(=O)N2CC3(CCN(CC#Cc4cccc5c4n(C)c(=O)n5C4CCC(=O)NC4=O)CC3)C2)cc1-c1nc2c(n1C(C)C)[C@H](c1ccc(Cl)cc1)N(c1cc(Cl)cn(C)c1=O)C2=O. The lowest BCUT2D eigenvalue weighted by Gasteiger charge is -2.53. The predicted molar refractivity (Wildman–Crippen MR) is 259 cm³/mol. The van der Waals surface area contributed by atoms with E-state index in [0.29, 0.717) is 69.5 Å². The average molecular weight is 972 g/mol. The molecule has 4 amide bonds. The van der Waals surface area contributed by atoms with Gasteiger partial charge in [-0.2, -0.15) is 0 Å². The molecule has 1 spiro atoms. The van der Waals surface area contributed by atoms with E-state index in [1.54, 1.807) is 38.4 Å². The zero-order chi connectivity index (χ0) is 48.6. The van der Waals surface area contributed by atoms with Crippen LogP contribution in [0.15, 0.2) is 76.6 Å². The number of hydrogen-bond acceptors (Lipinski definition) is 10. The van der Waals surface area contributed by atoms with Gasteiger partial charge in [0.15, 0.2) is 5.69 Å². The topological polar surface area (TPSA) is 179 Å². The van der Waals surface area contributed by atoms with Crippen molar-refractivity contribution in [2.24, 2.45) is 19.5 Å². The molecule has 4 aliphatic heterocycles. The van der Waals surface area contributed by atoms with E-state index in [9.17, 15) is 28.8 Å². The summed E-state index contributed by atoms with van der Waals surface area (Å²) in [6, 6.07) is 14.0. The van der Waals surface area contributed by atoms with E-state index in [0.717, 1.165) is 25.9 Å². The summed E-state index contributed by atoms with van der Waals surface area (Å²) in [5.41, 5.74) is 3.44. The van der Waals surface area contributed by atoms with Crippen LogP contribution in [0.5, 0.6) is 5.88 Å². The van der Waals surface area contributed by atoms with Crippen LogP contribution in [0.4, 0.5) is 5.69 Å². The number of rotatable bonds is 8. The molecule has 17 nitrogen and oxygen atoms in total. The molecule has 354 valence electrons. The standard InChI is InChI=1S/C50H48Cl2N10O7/c1-28(2)60-42-39(48(67)62(37-23-33(52)25-56(3)47(37)66)41(42)30-11-13-32(51)14-12-30)55-43(60)34-22-31(24-53-45(34)69-5)46(65)59-26-50(27-59)17-20-58(21-18-50)19-7-9-29-8-6-10-35-40(29)57(4)49(68)61(35)36-15-16-38(63)54-44(36)64/h6,8,10-14,22-25,28,36,41H,15-21,26-27H2,1-5H3,(H,54,63,64)/t36?,41-/m0/s1. The quantitative estimate of drug-likeness (QED) is 0.151. The van der Waals surface area contributed by atoms with Crippen molar-refractivity contribution in [3.8, 4) is 29.1 Å². The maximum Gasteiger partial charge on any atom is 0.329 e. The molecule has 0 aliphatic carbocycles. The largest absolute Gasteiger partial charge is 0.480 e. The Kier molecular flexibility index (Phi) is 11.6. The first-order valence-electron chi connectivity index (χ1n) is 22.7. The molecule has 2 atom stereocenters. The molecule has 0 radical (unpaired) electrons. The van der Waals surface area contributed by atoms with Gasteiger partial charge in [0.05, 0.1) is 52.1 Å². The summed E-state index contributed by atoms with van der Waals surface area (Å²) < 4.78 is 12.0. The van der Waals surface area contributed by atoms with Crippen molar-refractivity contribution >= 4 is 63.6 Å². The molecule has 6 aromatic rings. The molecule has 4 aromatic heterocycles. The second-order valence-corrected chi connectivity index (χ2v) is 19.5. The maximum atomic E-state index is 14.6. The number of nitrogens with zero attached hydrogens (tertiary/aromatic N) is 9. The van der Waals surface area contributed by atoms with Crippen molar-refractivity contribution in [2.75, 3.05) is 44.7 Å². The number of ether oxygens (including phenoxy) is 1. The van der Waals surface area contributed by atoms with Crippen LogP contribution in [-0.2, 0) is 23.7 Å². The second kappa shape index (κ2) is 17.5. The number of piperidine rings is 2. The monoisotopic (exact) mass is 970 g/mol. The van der Waals surface area contributed by atoms with Crippen molar-refractivity contribution in [1.82, 2.24) is 43.4 Å². The summed E-state index contributed by atoms with van der Waals surface area (Å²) in [6.45, 7) is 7.27. The third-order valence-corrected chi connectivity index (χ3v) is 14.4. The number of hydrogen-bond donors (Lipinski definition) is 1. The van der Waals surface area contributed by atoms with E-state index in [1.807, 2.05) is 47.6 Å². The molecule has 2 aromatic carbocycles. The number of aromatic nitrogens is 6. The minimum Gasteiger partial charge on any atom is -0.480 e. The molecule has 0 bridgehead atoms. The first-order valence-corrected chi connectivity index (χ1v) is 23.5. The molecule has 69 heavy (non-hydrogen) atoms. The number of fused-ring (bicyclic) bond motifs is 2. The second-order valence-electron chi connectivity index (χ2n) is 18.6. The average Bonchev–Trinajstić information content (AvgIpc) is 3.93. The molecule has 3 fully saturated rings. The van der Waals surface area contributed by atoms with Crippen LogP contribution in [0.2, 0.25) is 10.0 Å². The molecule has 0 saturated carbocycles. The van der Waals surface area contributed by atoms with Crippen LogP contribution in [-0.4, -0.2) is 101 Å². The first-order chi connectivity index (χ1) is 33.1. The van der Waals surface area contributed by atoms with Gasteiger partial charge < -0.3 is 18.8 Å². The molecule has 1 N–H and O–H groups in total. The van der Waals surface area contributed by atoms with Crippen LogP contribution < -0.4 is 26.2 Å². The van der Waals surface area contributed by atoms with Crippen LogP contribution in [0, 0.1) is 17.3 Å². The highest BCUT2D eigenvalue weighted by Gasteiger charge is 2.48. The summed E-state index contributed by atoms with van der Waals surface area (Å²) in [7, 11) is 4.73. The molecular formula is C50H48Cl2N10O7. The van der Waals surface area contributed by atoms with E-state index in [2.05, 4.69) is 27.0 Å². The van der Waals surface area contributed by atoms with Gasteiger partial charge in [0, 0.05) is 62.5 Å². The summed E-state index contributed by atoms with van der Waals surface area (Å²) in [6.07, 6.45) is 5.20. The summed E-state index contributed by atoms with van der Waals surface area (Å²) in [4.78, 5) is 95.4. The van der Waals surface area contributed by atoms with Gasteiger partial charge in [0.1, 0.15) is 23.6 Å². The summed E-state index contributed by atoms with van der Waals surface area (Å²) in [5.74, 6) is 5.71. The number of halogens is 2. The fraction of sp³-hybridized carbons (Fsp3) is 0.360. The number of aryl methyl sites for hydroxylation is 2. The highest BCUT2D eigenvalue weighted by molar-refractivity contribution is 6.31. The third kappa shape index (κ3) is 7.80. The van der Waals surface area contributed by atoms with Gasteiger partial charge in [-0.3, -0.25) is 48.2 Å². The van der Waals surface area contributed by atoms with Crippen molar-refractivity contribution in [1.29, 1.82) is 0 Å². The molecule has 19 heteroatoms. The molecule has 1 unspecified atom stereocenters. The summed E-state index contributed by atoms with van der Waals surface area (Å²) in [5, 5.41) is 3.14. The number of carbonyl (C=O) groups is 4. The number of amides is 4. The minimum atomic E-state index is -0.780. The number of carbonyl (C=O) groups excluding carboxylic acids is 4. The first kappa shape index (κ1) is 45.8. The third-order valence-electron chi connectivity index (χ3n) is 13.9. The van der Waals surface area contributed by atoms with E-state index in [4.69, 9.17) is 32.9 Å². The van der Waals surface area contributed by atoms with Crippen molar-refractivity contribution in [3.63, 3.8) is 0 Å². The fourth-order valence-corrected chi connectivity index (χ4v) is 10.8. The van der Waals surface area contributed by atoms with Gasteiger partial charge in [0.25, 0.3) is 17.4 Å². The smallest absolute Gasteiger partial charge is 0.329 e. The predicted octanol–water partition coefficient (Wildman–Crippen LogP) is 5.51. The van der Waals surface area contributed by atoms with Crippen molar-refractivity contribution in [3.05, 3.63) is 126 Å². The van der Waals surface area contributed by atoms with Gasteiger partial charge in [-0.15, -0.1) is 0 Å². The number of methoxy groups -OCH3 is 1. The van der Waals surface area contributed by atoms with Crippen LogP contribution >= 0.6 is 23.2 Å². The van der Waals surface area contributed by atoms with Gasteiger partial charge in [-0.1, -0.05) is 53.2 Å². The van der Waals surface area contributed by atoms with Crippen molar-refractivity contribution < 1.29 is 23.9 Å². The Morgan fingerprint density at radius 2 is 1.72 bits per heavy atom. The Balaban J connectivity index is 0.857. The van der Waals surface area contributed by atoms with E-state index in [1.165, 1.54) is 44.2 Å². The number of nitrogens with one attached hydrogen (secondary N) is 1. The fourth-order valence-electron chi connectivity index (χ4n) is 10.5. The molecular weight excluding hydrogens is 924 g/mol. The lowest BCUT2D eigenvalue weighted by Crippen LogP contribution is -2.61. The number of imide groups is 1. The molecule has 8 heterocycles. The van der Waals surface area contributed by atoms with Gasteiger partial charge in [0.2, 0.25) is 17.7 Å². The zero-order valence-electron chi connectivity index (χ0n) is 38.6. The van der Waals surface area contributed by atoms with E-state index < -0.39 is 29.5 Å². The highest BCUT2D eigenvalue weighted by atomic mass is 35.5. The summed E-state index contributed by atoms with van der Waals surface area (Å²) >= 11 is 12.8. The van der Waals surface area contributed by atoms with E-state index >= 15 is 0 Å². The van der Waals surface area contributed by atoms with Crippen LogP contribution in [0.3, 0.4) is 0 Å². The lowest BCUT2D eigenvalue weighted by atomic mass is 9.72.